The van der Waals surface area contributed by atoms with Crippen LogP contribution in [-0.2, 0) is 0 Å². The Morgan fingerprint density at radius 2 is 1.60 bits per heavy atom. The number of allylic oxidation sites excluding steroid dienone is 2. The molecule has 4 saturated carbocycles. The SMILES string of the molecule is CC(C)=C1CC[C@@]2(C)C(CC[C@H]3[C@@H]4CC[C@H]([C@H](C)CCCC(C)C)[C@@]4(C)CC[C@@H]32)C1. The maximum absolute atomic E-state index is 2.75. The summed E-state index contributed by atoms with van der Waals surface area (Å²) >= 11 is 0. The van der Waals surface area contributed by atoms with Crippen molar-refractivity contribution in [3.05, 3.63) is 11.1 Å². The molecule has 0 saturated heterocycles. The fourth-order valence-electron chi connectivity index (χ4n) is 9.56. The predicted octanol–water partition coefficient (Wildman–Crippen LogP) is 9.44. The molecule has 0 heterocycles. The lowest BCUT2D eigenvalue weighted by Gasteiger charge is -2.61. The Bertz CT molecular complexity index is 636. The fourth-order valence-corrected chi connectivity index (χ4v) is 9.56. The van der Waals surface area contributed by atoms with Crippen molar-refractivity contribution in [1.82, 2.24) is 0 Å². The van der Waals surface area contributed by atoms with Crippen LogP contribution in [0.25, 0.3) is 0 Å². The van der Waals surface area contributed by atoms with Gasteiger partial charge in [-0.3, -0.25) is 0 Å². The van der Waals surface area contributed by atoms with Gasteiger partial charge in [0.05, 0.1) is 0 Å². The van der Waals surface area contributed by atoms with Crippen molar-refractivity contribution in [1.29, 1.82) is 0 Å². The molecule has 0 bridgehead atoms. The summed E-state index contributed by atoms with van der Waals surface area (Å²) in [4.78, 5) is 0. The van der Waals surface area contributed by atoms with E-state index in [0.29, 0.717) is 10.8 Å². The highest BCUT2D eigenvalue weighted by atomic mass is 14.6. The van der Waals surface area contributed by atoms with Crippen LogP contribution in [0.5, 0.6) is 0 Å². The molecule has 0 heteroatoms. The van der Waals surface area contributed by atoms with Crippen molar-refractivity contribution < 1.29 is 0 Å². The van der Waals surface area contributed by atoms with E-state index in [4.69, 9.17) is 0 Å². The lowest BCUT2D eigenvalue weighted by atomic mass is 9.44. The van der Waals surface area contributed by atoms with E-state index >= 15 is 0 Å². The minimum absolute atomic E-state index is 0.643. The van der Waals surface area contributed by atoms with Crippen molar-refractivity contribution >= 4 is 0 Å². The maximum Gasteiger partial charge on any atom is -0.0260 e. The van der Waals surface area contributed by atoms with E-state index in [1.54, 1.807) is 24.8 Å². The molecule has 0 N–H and O–H groups in total. The highest BCUT2D eigenvalue weighted by Gasteiger charge is 2.60. The van der Waals surface area contributed by atoms with Gasteiger partial charge in [0.1, 0.15) is 0 Å². The summed E-state index contributed by atoms with van der Waals surface area (Å²) in [5, 5.41) is 0. The topological polar surface area (TPSA) is 0 Å². The van der Waals surface area contributed by atoms with Crippen LogP contribution in [0.4, 0.5) is 0 Å². The van der Waals surface area contributed by atoms with Crippen molar-refractivity contribution in [2.45, 2.75) is 126 Å². The molecule has 4 aliphatic rings. The molecule has 0 radical (unpaired) electrons. The monoisotopic (exact) mass is 412 g/mol. The summed E-state index contributed by atoms with van der Waals surface area (Å²) in [5.74, 6) is 6.92. The fraction of sp³-hybridized carbons (Fsp3) is 0.933. The average molecular weight is 413 g/mol. The number of hydrogen-bond donors (Lipinski definition) is 0. The summed E-state index contributed by atoms with van der Waals surface area (Å²) in [6, 6.07) is 0. The quantitative estimate of drug-likeness (QED) is 0.394. The Morgan fingerprint density at radius 1 is 0.867 bits per heavy atom. The van der Waals surface area contributed by atoms with Crippen molar-refractivity contribution in [2.75, 3.05) is 0 Å². The predicted molar refractivity (Wildman–Crippen MR) is 131 cm³/mol. The minimum Gasteiger partial charge on any atom is -0.0772 e. The van der Waals surface area contributed by atoms with E-state index in [0.717, 1.165) is 41.4 Å². The molecule has 8 atom stereocenters. The molecular weight excluding hydrogens is 360 g/mol. The smallest absolute Gasteiger partial charge is 0.0260 e. The van der Waals surface area contributed by atoms with E-state index in [1.165, 1.54) is 57.8 Å². The molecule has 0 aromatic carbocycles. The molecule has 0 amide bonds. The number of fused-ring (bicyclic) bond motifs is 5. The van der Waals surface area contributed by atoms with Crippen LogP contribution in [0.1, 0.15) is 126 Å². The minimum atomic E-state index is 0.643. The van der Waals surface area contributed by atoms with Gasteiger partial charge < -0.3 is 0 Å². The third kappa shape index (κ3) is 3.85. The first-order chi connectivity index (χ1) is 14.2. The van der Waals surface area contributed by atoms with Gasteiger partial charge in [0.25, 0.3) is 0 Å². The zero-order valence-corrected chi connectivity index (χ0v) is 21.5. The Kier molecular flexibility index (Phi) is 6.56. The molecule has 30 heavy (non-hydrogen) atoms. The molecule has 0 spiro atoms. The zero-order valence-electron chi connectivity index (χ0n) is 21.5. The van der Waals surface area contributed by atoms with Gasteiger partial charge in [-0.15, -0.1) is 0 Å². The van der Waals surface area contributed by atoms with Crippen molar-refractivity contribution in [3.8, 4) is 0 Å². The van der Waals surface area contributed by atoms with Gasteiger partial charge in [-0.25, -0.2) is 0 Å². The van der Waals surface area contributed by atoms with E-state index in [9.17, 15) is 0 Å². The summed E-state index contributed by atoms with van der Waals surface area (Å²) in [7, 11) is 0. The Hall–Kier alpha value is -0.260. The maximum atomic E-state index is 2.75. The van der Waals surface area contributed by atoms with Gasteiger partial charge in [0, 0.05) is 0 Å². The zero-order chi connectivity index (χ0) is 21.7. The normalized spacial score (nSPS) is 44.4. The third-order valence-electron chi connectivity index (χ3n) is 11.4. The van der Waals surface area contributed by atoms with Crippen LogP contribution in [0, 0.1) is 52.3 Å². The van der Waals surface area contributed by atoms with Gasteiger partial charge in [0.15, 0.2) is 0 Å². The summed E-state index contributed by atoms with van der Waals surface area (Å²) in [6.45, 7) is 17.6. The summed E-state index contributed by atoms with van der Waals surface area (Å²) < 4.78 is 0. The second kappa shape index (κ2) is 8.59. The van der Waals surface area contributed by atoms with Gasteiger partial charge in [-0.2, -0.15) is 0 Å². The summed E-state index contributed by atoms with van der Waals surface area (Å²) in [6.07, 6.45) is 17.9. The second-order valence-corrected chi connectivity index (χ2v) is 13.5. The lowest BCUT2D eigenvalue weighted by Crippen LogP contribution is -2.53. The van der Waals surface area contributed by atoms with E-state index in [1.807, 2.05) is 5.57 Å². The molecule has 1 unspecified atom stereocenters. The molecule has 0 nitrogen and oxygen atoms in total. The van der Waals surface area contributed by atoms with Crippen LogP contribution in [0.15, 0.2) is 11.1 Å². The Morgan fingerprint density at radius 3 is 2.30 bits per heavy atom. The van der Waals surface area contributed by atoms with E-state index < -0.39 is 0 Å². The summed E-state index contributed by atoms with van der Waals surface area (Å²) in [5.41, 5.74) is 4.74. The largest absolute Gasteiger partial charge is 0.0772 e. The molecule has 0 aromatic rings. The van der Waals surface area contributed by atoms with Gasteiger partial charge in [-0.1, -0.05) is 65.0 Å². The molecular formula is C30H52. The van der Waals surface area contributed by atoms with Gasteiger partial charge in [0.2, 0.25) is 0 Å². The van der Waals surface area contributed by atoms with E-state index in [-0.39, 0.29) is 0 Å². The van der Waals surface area contributed by atoms with Crippen molar-refractivity contribution in [3.63, 3.8) is 0 Å². The second-order valence-electron chi connectivity index (χ2n) is 13.5. The first kappa shape index (κ1) is 22.9. The van der Waals surface area contributed by atoms with Gasteiger partial charge >= 0.3 is 0 Å². The van der Waals surface area contributed by atoms with Crippen molar-refractivity contribution in [2.24, 2.45) is 52.3 Å². The van der Waals surface area contributed by atoms with E-state index in [2.05, 4.69) is 48.5 Å². The average Bonchev–Trinajstić information content (AvgIpc) is 3.04. The first-order valence-corrected chi connectivity index (χ1v) is 13.8. The Balaban J connectivity index is 1.47. The number of hydrogen-bond acceptors (Lipinski definition) is 0. The molecule has 172 valence electrons. The first-order valence-electron chi connectivity index (χ1n) is 13.8. The lowest BCUT2D eigenvalue weighted by molar-refractivity contribution is -0.109. The van der Waals surface area contributed by atoms with Crippen LogP contribution < -0.4 is 0 Å². The molecule has 4 fully saturated rings. The highest BCUT2D eigenvalue weighted by Crippen LogP contribution is 2.68. The van der Waals surface area contributed by atoms with Gasteiger partial charge in [-0.05, 0) is 124 Å². The molecule has 4 aliphatic carbocycles. The van der Waals surface area contributed by atoms with Crippen LogP contribution in [0.3, 0.4) is 0 Å². The van der Waals surface area contributed by atoms with Crippen LogP contribution in [0.2, 0.25) is 0 Å². The standard InChI is InChI=1S/C30H52/c1-20(2)9-8-10-22(5)26-13-14-27-25-12-11-24-19-23(21(3)4)15-17-29(24,6)28(25)16-18-30(26,27)7/h20,22,24-28H,8-19H2,1-7H3/t22-,24?,25+,26-,27+,28+,29+,30-/m1/s1. The van der Waals surface area contributed by atoms with Crippen LogP contribution in [-0.4, -0.2) is 0 Å². The Labute approximate surface area is 189 Å². The molecule has 0 aliphatic heterocycles. The molecule has 0 aromatic heterocycles. The third-order valence-corrected chi connectivity index (χ3v) is 11.4. The number of rotatable bonds is 5. The highest BCUT2D eigenvalue weighted by molar-refractivity contribution is 5.18. The van der Waals surface area contributed by atoms with Crippen LogP contribution >= 0.6 is 0 Å². The molecule has 4 rings (SSSR count).